The van der Waals surface area contributed by atoms with Crippen molar-refractivity contribution >= 4 is 64.4 Å². The van der Waals surface area contributed by atoms with Crippen LogP contribution in [0.1, 0.15) is 52.0 Å². The number of carbonyl (C=O) groups is 2. The van der Waals surface area contributed by atoms with Gasteiger partial charge in [-0.1, -0.05) is 35.3 Å². The second kappa shape index (κ2) is 12.9. The van der Waals surface area contributed by atoms with Gasteiger partial charge >= 0.3 is 0 Å². The predicted molar refractivity (Wildman–Crippen MR) is 162 cm³/mol. The molecule has 2 amide bonds. The van der Waals surface area contributed by atoms with E-state index in [1.54, 1.807) is 24.3 Å². The first kappa shape index (κ1) is 30.3. The number of fused-ring (bicyclic) bond motifs is 1. The number of rotatable bonds is 7. The van der Waals surface area contributed by atoms with Crippen LogP contribution in [-0.4, -0.2) is 38.4 Å². The van der Waals surface area contributed by atoms with Crippen molar-refractivity contribution < 1.29 is 9.59 Å². The highest BCUT2D eigenvalue weighted by Gasteiger charge is 2.22. The van der Waals surface area contributed by atoms with E-state index in [0.29, 0.717) is 16.4 Å². The highest BCUT2D eigenvalue weighted by molar-refractivity contribution is 6.32. The van der Waals surface area contributed by atoms with E-state index in [1.165, 1.54) is 29.0 Å². The molecule has 2 aromatic carbocycles. The maximum absolute atomic E-state index is 13.5. The van der Waals surface area contributed by atoms with E-state index in [-0.39, 0.29) is 58.5 Å². The molecule has 5 rings (SSSR count). The molecule has 1 aliphatic carbocycles. The van der Waals surface area contributed by atoms with E-state index < -0.39 is 17.4 Å². The standard InChI is InChI=1S/C28H27Cl2N7O3.ClH/c29-18-3-1-2-15(10-18)13-33-26(39)16-4-9-22(30)23(12-16)37-25-17(11-21(24(32)38)27(37)40)14-34-28(36-25)35-20-7-5-19(31)6-8-20;/h1-4,9-12,14,19-20H,5-8,13,31H2,(H2,32,38)(H,33,39)(H,34,35,36);1H. The molecule has 0 saturated heterocycles. The average Bonchev–Trinajstić information content (AvgIpc) is 2.93. The summed E-state index contributed by atoms with van der Waals surface area (Å²) in [4.78, 5) is 47.7. The summed E-state index contributed by atoms with van der Waals surface area (Å²) in [5.41, 5.74) is 12.0. The van der Waals surface area contributed by atoms with Crippen LogP contribution in [0.5, 0.6) is 0 Å². The predicted octanol–water partition coefficient (Wildman–Crippen LogP) is 4.22. The lowest BCUT2D eigenvalue weighted by Crippen LogP contribution is -2.33. The average molecular weight is 617 g/mol. The van der Waals surface area contributed by atoms with Gasteiger partial charge in [0.25, 0.3) is 17.4 Å². The molecule has 2 heterocycles. The van der Waals surface area contributed by atoms with Gasteiger partial charge in [0.1, 0.15) is 5.56 Å². The fraction of sp³-hybridized carbons (Fsp3) is 0.250. The summed E-state index contributed by atoms with van der Waals surface area (Å²) in [6.45, 7) is 0.242. The lowest BCUT2D eigenvalue weighted by atomic mass is 9.92. The monoisotopic (exact) mass is 615 g/mol. The van der Waals surface area contributed by atoms with Crippen LogP contribution < -0.4 is 27.7 Å². The van der Waals surface area contributed by atoms with Crippen molar-refractivity contribution in [2.75, 3.05) is 5.32 Å². The van der Waals surface area contributed by atoms with E-state index in [0.717, 1.165) is 31.2 Å². The molecule has 0 unspecified atom stereocenters. The molecule has 1 aliphatic rings. The quantitative estimate of drug-likeness (QED) is 0.242. The number of anilines is 1. The summed E-state index contributed by atoms with van der Waals surface area (Å²) in [6, 6.07) is 13.3. The Labute approximate surface area is 251 Å². The first-order valence-corrected chi connectivity index (χ1v) is 13.5. The Morgan fingerprint density at radius 3 is 2.51 bits per heavy atom. The van der Waals surface area contributed by atoms with Crippen molar-refractivity contribution in [1.29, 1.82) is 0 Å². The number of amides is 2. The van der Waals surface area contributed by atoms with Crippen LogP contribution in [0.2, 0.25) is 10.0 Å². The number of nitrogens with one attached hydrogen (secondary N) is 2. The number of pyridine rings is 1. The minimum absolute atomic E-state index is 0. The molecule has 0 aliphatic heterocycles. The SMILES string of the molecule is Cl.NC(=O)c1cc2cnc(NC3CCC(N)CC3)nc2n(-c2cc(C(=O)NCc3cccc(Cl)c3)ccc2Cl)c1=O. The molecule has 0 atom stereocenters. The zero-order valence-corrected chi connectivity index (χ0v) is 24.1. The topological polar surface area (TPSA) is 158 Å². The van der Waals surface area contributed by atoms with Crippen LogP contribution in [-0.2, 0) is 6.54 Å². The molecule has 1 fully saturated rings. The van der Waals surface area contributed by atoms with E-state index in [9.17, 15) is 14.4 Å². The van der Waals surface area contributed by atoms with Gasteiger partial charge in [-0.2, -0.15) is 4.98 Å². The molecule has 10 nitrogen and oxygen atoms in total. The van der Waals surface area contributed by atoms with Gasteiger partial charge in [-0.25, -0.2) is 4.98 Å². The van der Waals surface area contributed by atoms with Crippen molar-refractivity contribution in [2.45, 2.75) is 44.3 Å². The number of aromatic nitrogens is 3. The van der Waals surface area contributed by atoms with Gasteiger partial charge in [0.05, 0.1) is 10.7 Å². The molecule has 2 aromatic heterocycles. The fourth-order valence-corrected chi connectivity index (χ4v) is 5.18. The fourth-order valence-electron chi connectivity index (χ4n) is 4.77. The van der Waals surface area contributed by atoms with Gasteiger partial charge in [0.15, 0.2) is 5.65 Å². The maximum atomic E-state index is 13.5. The van der Waals surface area contributed by atoms with Crippen molar-refractivity contribution in [3.05, 3.63) is 91.8 Å². The van der Waals surface area contributed by atoms with Crippen LogP contribution >= 0.6 is 35.6 Å². The summed E-state index contributed by atoms with van der Waals surface area (Å²) in [7, 11) is 0. The van der Waals surface area contributed by atoms with Gasteiger partial charge in [0, 0.05) is 40.8 Å². The Bertz CT molecular complexity index is 1670. The van der Waals surface area contributed by atoms with E-state index in [4.69, 9.17) is 34.7 Å². The summed E-state index contributed by atoms with van der Waals surface area (Å²) in [5, 5.41) is 7.28. The zero-order valence-electron chi connectivity index (χ0n) is 21.8. The van der Waals surface area contributed by atoms with E-state index in [2.05, 4.69) is 20.6 Å². The summed E-state index contributed by atoms with van der Waals surface area (Å²) in [5.74, 6) is -0.985. The van der Waals surface area contributed by atoms with Gasteiger partial charge in [-0.05, 0) is 67.6 Å². The van der Waals surface area contributed by atoms with Crippen molar-refractivity contribution in [2.24, 2.45) is 11.5 Å². The molecule has 0 bridgehead atoms. The second-order valence-corrected chi connectivity index (χ2v) is 10.6. The second-order valence-electron chi connectivity index (χ2n) is 9.77. The Morgan fingerprint density at radius 2 is 1.80 bits per heavy atom. The third-order valence-corrected chi connectivity index (χ3v) is 7.46. The lowest BCUT2D eigenvalue weighted by molar-refractivity contribution is 0.0949. The van der Waals surface area contributed by atoms with E-state index >= 15 is 0 Å². The Balaban J connectivity index is 0.00000387. The third kappa shape index (κ3) is 6.79. The van der Waals surface area contributed by atoms with Gasteiger partial charge in [-0.15, -0.1) is 12.4 Å². The minimum Gasteiger partial charge on any atom is -0.365 e. The highest BCUT2D eigenvalue weighted by atomic mass is 35.5. The van der Waals surface area contributed by atoms with Crippen molar-refractivity contribution in [3.8, 4) is 5.69 Å². The molecular weight excluding hydrogens is 589 g/mol. The molecule has 0 radical (unpaired) electrons. The molecule has 0 spiro atoms. The number of hydrogen-bond donors (Lipinski definition) is 4. The van der Waals surface area contributed by atoms with Crippen LogP contribution in [0.3, 0.4) is 0 Å². The molecule has 1 saturated carbocycles. The molecule has 41 heavy (non-hydrogen) atoms. The molecule has 214 valence electrons. The third-order valence-electron chi connectivity index (χ3n) is 6.90. The number of primary amides is 1. The number of hydrogen-bond acceptors (Lipinski definition) is 7. The summed E-state index contributed by atoms with van der Waals surface area (Å²) in [6.07, 6.45) is 5.03. The number of benzene rings is 2. The van der Waals surface area contributed by atoms with Crippen LogP contribution in [0, 0.1) is 0 Å². The number of nitrogens with zero attached hydrogens (tertiary/aromatic N) is 3. The Morgan fingerprint density at radius 1 is 1.05 bits per heavy atom. The lowest BCUT2D eigenvalue weighted by Gasteiger charge is -2.26. The van der Waals surface area contributed by atoms with Crippen molar-refractivity contribution in [1.82, 2.24) is 19.9 Å². The molecule has 4 aromatic rings. The van der Waals surface area contributed by atoms with Crippen LogP contribution in [0.25, 0.3) is 16.7 Å². The van der Waals surface area contributed by atoms with Crippen LogP contribution in [0.4, 0.5) is 5.95 Å². The summed E-state index contributed by atoms with van der Waals surface area (Å²) >= 11 is 12.6. The smallest absolute Gasteiger partial charge is 0.269 e. The summed E-state index contributed by atoms with van der Waals surface area (Å²) < 4.78 is 1.19. The number of halogens is 3. The number of carbonyl (C=O) groups excluding carboxylic acids is 2. The number of nitrogens with two attached hydrogens (primary N) is 2. The highest BCUT2D eigenvalue weighted by Crippen LogP contribution is 2.26. The maximum Gasteiger partial charge on any atom is 0.269 e. The first-order chi connectivity index (χ1) is 19.2. The van der Waals surface area contributed by atoms with Crippen LogP contribution in [0.15, 0.2) is 59.5 Å². The Hall–Kier alpha value is -3.70. The molecule has 6 N–H and O–H groups in total. The largest absolute Gasteiger partial charge is 0.365 e. The minimum atomic E-state index is -0.909. The normalized spacial score (nSPS) is 16.6. The molecular formula is C28H28Cl3N7O3. The van der Waals surface area contributed by atoms with Gasteiger partial charge < -0.3 is 22.1 Å². The Kier molecular flexibility index (Phi) is 9.49. The first-order valence-electron chi connectivity index (χ1n) is 12.8. The molecule has 13 heteroatoms. The van der Waals surface area contributed by atoms with E-state index in [1.807, 2.05) is 6.07 Å². The zero-order chi connectivity index (χ0) is 28.4. The van der Waals surface area contributed by atoms with Gasteiger partial charge in [0.2, 0.25) is 5.95 Å². The van der Waals surface area contributed by atoms with Crippen molar-refractivity contribution in [3.63, 3.8) is 0 Å². The van der Waals surface area contributed by atoms with Gasteiger partial charge in [-0.3, -0.25) is 19.0 Å².